The third-order valence-electron chi connectivity index (χ3n) is 2.81. The van der Waals surface area contributed by atoms with Crippen molar-refractivity contribution in [2.75, 3.05) is 13.2 Å². The molecule has 0 radical (unpaired) electrons. The summed E-state index contributed by atoms with van der Waals surface area (Å²) in [4.78, 5) is 11.9. The Morgan fingerprint density at radius 1 is 1.33 bits per heavy atom. The Labute approximate surface area is 129 Å². The molecule has 0 heterocycles. The predicted octanol–water partition coefficient (Wildman–Crippen LogP) is 2.76. The molecule has 0 bridgehead atoms. The summed E-state index contributed by atoms with van der Waals surface area (Å²) in [5.74, 6) is -0.605. The van der Waals surface area contributed by atoms with Gasteiger partial charge in [-0.2, -0.15) is 0 Å². The molecule has 0 spiro atoms. The van der Waals surface area contributed by atoms with E-state index in [2.05, 4.69) is 0 Å². The highest BCUT2D eigenvalue weighted by Crippen LogP contribution is 2.22. The molecule has 1 rings (SSSR count). The first kappa shape index (κ1) is 17.9. The van der Waals surface area contributed by atoms with Crippen LogP contribution in [-0.2, 0) is 24.9 Å². The lowest BCUT2D eigenvalue weighted by Gasteiger charge is -2.14. The number of aryl methyl sites for hydroxylation is 1. The van der Waals surface area contributed by atoms with Crippen molar-refractivity contribution in [1.82, 2.24) is 0 Å². The second-order valence-corrected chi connectivity index (χ2v) is 7.02. The van der Waals surface area contributed by atoms with Crippen molar-refractivity contribution in [3.63, 3.8) is 0 Å². The molecule has 0 fully saturated rings. The summed E-state index contributed by atoms with van der Waals surface area (Å²) >= 11 is 0. The van der Waals surface area contributed by atoms with Crippen LogP contribution in [0, 0.1) is 0 Å². The monoisotopic (exact) mass is 334 g/mol. The highest BCUT2D eigenvalue weighted by Gasteiger charge is 2.19. The van der Waals surface area contributed by atoms with Crippen LogP contribution in [0.25, 0.3) is 0 Å². The first-order chi connectivity index (χ1) is 9.79. The number of halogens is 1. The van der Waals surface area contributed by atoms with Crippen LogP contribution in [0.2, 0.25) is 0 Å². The van der Waals surface area contributed by atoms with E-state index in [9.17, 15) is 13.2 Å². The average Bonchev–Trinajstić information content (AvgIpc) is 2.43. The van der Waals surface area contributed by atoms with E-state index in [1.807, 2.05) is 13.8 Å². The highest BCUT2D eigenvalue weighted by atomic mass is 35.7. The first-order valence-electron chi connectivity index (χ1n) is 6.65. The van der Waals surface area contributed by atoms with Gasteiger partial charge in [-0.3, -0.25) is 0 Å². The first-order valence-corrected chi connectivity index (χ1v) is 8.96. The molecule has 0 N–H and O–H groups in total. The molecule has 1 unspecified atom stereocenters. The molecule has 5 nitrogen and oxygen atoms in total. The average molecular weight is 335 g/mol. The molecule has 118 valence electrons. The van der Waals surface area contributed by atoms with E-state index in [1.54, 1.807) is 13.0 Å². The maximum atomic E-state index is 12.0. The van der Waals surface area contributed by atoms with Gasteiger partial charge in [0, 0.05) is 17.3 Å². The number of rotatable bonds is 7. The zero-order chi connectivity index (χ0) is 16.0. The molecule has 1 aromatic carbocycles. The van der Waals surface area contributed by atoms with Crippen LogP contribution in [0.5, 0.6) is 0 Å². The fraction of sp³-hybridized carbons (Fsp3) is 0.500. The molecule has 1 atom stereocenters. The summed E-state index contributed by atoms with van der Waals surface area (Å²) < 4.78 is 33.4. The Morgan fingerprint density at radius 2 is 2.00 bits per heavy atom. The molecule has 1 aromatic rings. The number of hydrogen-bond donors (Lipinski definition) is 0. The second kappa shape index (κ2) is 7.77. The van der Waals surface area contributed by atoms with E-state index in [-0.39, 0.29) is 17.1 Å². The van der Waals surface area contributed by atoms with E-state index >= 15 is 0 Å². The molecule has 0 aliphatic carbocycles. The fourth-order valence-electron chi connectivity index (χ4n) is 1.77. The van der Waals surface area contributed by atoms with Crippen LogP contribution in [0.4, 0.5) is 0 Å². The van der Waals surface area contributed by atoms with Gasteiger partial charge in [-0.15, -0.1) is 0 Å². The normalized spacial score (nSPS) is 13.0. The highest BCUT2D eigenvalue weighted by molar-refractivity contribution is 8.13. The molecule has 0 aromatic heterocycles. The Hall–Kier alpha value is -1.11. The van der Waals surface area contributed by atoms with Gasteiger partial charge in [0.1, 0.15) is 6.10 Å². The largest absolute Gasteiger partial charge is 0.457 e. The van der Waals surface area contributed by atoms with E-state index in [1.165, 1.54) is 12.1 Å². The summed E-state index contributed by atoms with van der Waals surface area (Å²) in [6, 6.07) is 4.34. The summed E-state index contributed by atoms with van der Waals surface area (Å²) in [6.45, 7) is 6.17. The van der Waals surface area contributed by atoms with Crippen LogP contribution in [0.15, 0.2) is 23.1 Å². The number of carbonyl (C=O) groups is 1. The van der Waals surface area contributed by atoms with Crippen LogP contribution in [0.1, 0.15) is 36.7 Å². The van der Waals surface area contributed by atoms with Crippen molar-refractivity contribution in [2.24, 2.45) is 0 Å². The smallest absolute Gasteiger partial charge is 0.338 e. The van der Waals surface area contributed by atoms with Crippen molar-refractivity contribution < 1.29 is 22.7 Å². The van der Waals surface area contributed by atoms with Gasteiger partial charge in [-0.05, 0) is 38.0 Å². The van der Waals surface area contributed by atoms with Gasteiger partial charge in [0.05, 0.1) is 17.1 Å². The minimum absolute atomic E-state index is 0.0569. The Bertz CT molecular complexity index is 597. The van der Waals surface area contributed by atoms with Crippen LogP contribution in [0.3, 0.4) is 0 Å². The topological polar surface area (TPSA) is 69.7 Å². The molecule has 0 aliphatic rings. The van der Waals surface area contributed by atoms with Crippen LogP contribution in [-0.4, -0.2) is 33.7 Å². The lowest BCUT2D eigenvalue weighted by atomic mass is 10.1. The van der Waals surface area contributed by atoms with Gasteiger partial charge in [-0.1, -0.05) is 13.0 Å². The Morgan fingerprint density at radius 3 is 2.52 bits per heavy atom. The van der Waals surface area contributed by atoms with Crippen molar-refractivity contribution in [2.45, 2.75) is 38.2 Å². The predicted molar refractivity (Wildman–Crippen MR) is 80.2 cm³/mol. The van der Waals surface area contributed by atoms with Crippen molar-refractivity contribution in [3.8, 4) is 0 Å². The minimum atomic E-state index is -3.90. The third kappa shape index (κ3) is 5.30. The van der Waals surface area contributed by atoms with E-state index in [0.717, 1.165) is 0 Å². The maximum Gasteiger partial charge on any atom is 0.338 e. The van der Waals surface area contributed by atoms with Gasteiger partial charge in [0.2, 0.25) is 0 Å². The summed E-state index contributed by atoms with van der Waals surface area (Å²) in [6.07, 6.45) is 0.0801. The quantitative estimate of drug-likeness (QED) is 0.566. The van der Waals surface area contributed by atoms with Crippen LogP contribution < -0.4 is 0 Å². The van der Waals surface area contributed by atoms with Crippen molar-refractivity contribution >= 4 is 25.7 Å². The molecule has 21 heavy (non-hydrogen) atoms. The zero-order valence-corrected chi connectivity index (χ0v) is 13.8. The van der Waals surface area contributed by atoms with Crippen molar-refractivity contribution in [1.29, 1.82) is 0 Å². The van der Waals surface area contributed by atoms with Gasteiger partial charge >= 0.3 is 5.97 Å². The summed E-state index contributed by atoms with van der Waals surface area (Å²) in [7, 11) is 1.49. The molecule has 7 heteroatoms. The molecular weight excluding hydrogens is 316 g/mol. The molecule has 0 amide bonds. The summed E-state index contributed by atoms with van der Waals surface area (Å²) in [5.41, 5.74) is 0.707. The van der Waals surface area contributed by atoms with Gasteiger partial charge in [0.25, 0.3) is 9.05 Å². The van der Waals surface area contributed by atoms with E-state index in [4.69, 9.17) is 20.2 Å². The van der Waals surface area contributed by atoms with Crippen molar-refractivity contribution in [3.05, 3.63) is 29.3 Å². The minimum Gasteiger partial charge on any atom is -0.457 e. The van der Waals surface area contributed by atoms with Gasteiger partial charge in [0.15, 0.2) is 0 Å². The number of ether oxygens (including phenoxy) is 2. The lowest BCUT2D eigenvalue weighted by molar-refractivity contribution is 0.00437. The van der Waals surface area contributed by atoms with Gasteiger partial charge in [-0.25, -0.2) is 13.2 Å². The van der Waals surface area contributed by atoms with E-state index in [0.29, 0.717) is 18.6 Å². The summed E-state index contributed by atoms with van der Waals surface area (Å²) in [5, 5.41) is 0. The maximum absolute atomic E-state index is 12.0. The lowest BCUT2D eigenvalue weighted by Crippen LogP contribution is -2.20. The molecule has 0 saturated heterocycles. The molecule has 0 saturated carbocycles. The number of esters is 1. The van der Waals surface area contributed by atoms with Gasteiger partial charge < -0.3 is 9.47 Å². The standard InChI is InChI=1S/C14H19ClO5S/c1-4-11-6-7-12(8-13(11)21(15,17)18)14(16)20-10(3)9-19-5-2/h6-8,10H,4-5,9H2,1-3H3. The number of benzene rings is 1. The second-order valence-electron chi connectivity index (χ2n) is 4.49. The Kier molecular flexibility index (Phi) is 6.64. The Balaban J connectivity index is 2.96. The fourth-order valence-corrected chi connectivity index (χ4v) is 2.99. The van der Waals surface area contributed by atoms with Crippen LogP contribution >= 0.6 is 10.7 Å². The zero-order valence-electron chi connectivity index (χ0n) is 12.3. The molecular formula is C14H19ClO5S. The van der Waals surface area contributed by atoms with E-state index < -0.39 is 21.1 Å². The number of hydrogen-bond acceptors (Lipinski definition) is 5. The third-order valence-corrected chi connectivity index (χ3v) is 4.22. The number of carbonyl (C=O) groups excluding carboxylic acids is 1. The molecule has 0 aliphatic heterocycles. The SMILES string of the molecule is CCOCC(C)OC(=O)c1ccc(CC)c(S(=O)(=O)Cl)c1.